The van der Waals surface area contributed by atoms with Crippen LogP contribution in [0.15, 0.2) is 30.5 Å². The van der Waals surface area contributed by atoms with E-state index in [2.05, 4.69) is 22.9 Å². The molecule has 4 heteroatoms. The summed E-state index contributed by atoms with van der Waals surface area (Å²) in [5.74, 6) is -0.747. The molecule has 1 aromatic carbocycles. The van der Waals surface area contributed by atoms with E-state index in [1.807, 2.05) is 12.1 Å². The molecule has 1 unspecified atom stereocenters. The van der Waals surface area contributed by atoms with Gasteiger partial charge in [0.1, 0.15) is 0 Å². The summed E-state index contributed by atoms with van der Waals surface area (Å²) < 4.78 is 2.15. The van der Waals surface area contributed by atoms with Crippen molar-refractivity contribution in [3.8, 4) is 0 Å². The van der Waals surface area contributed by atoms with E-state index >= 15 is 0 Å². The standard InChI is InChI=1S/C16H21NO3/c1-12(18)9-10-17-11-13(5-4-8-16(19)20)14-6-2-3-7-15(14)17/h2-3,6-7,11-12,18H,4-5,8-10H2,1H3,(H,19,20). The van der Waals surface area contributed by atoms with Crippen LogP contribution in [0.3, 0.4) is 0 Å². The number of aliphatic hydroxyl groups excluding tert-OH is 1. The molecule has 1 atom stereocenters. The highest BCUT2D eigenvalue weighted by atomic mass is 16.4. The first-order chi connectivity index (χ1) is 9.58. The number of carbonyl (C=O) groups is 1. The van der Waals surface area contributed by atoms with Crippen molar-refractivity contribution >= 4 is 16.9 Å². The Morgan fingerprint density at radius 3 is 2.80 bits per heavy atom. The molecule has 2 aromatic rings. The third kappa shape index (κ3) is 3.61. The molecule has 0 saturated carbocycles. The highest BCUT2D eigenvalue weighted by molar-refractivity contribution is 5.84. The van der Waals surface area contributed by atoms with E-state index in [4.69, 9.17) is 5.11 Å². The Morgan fingerprint density at radius 2 is 2.10 bits per heavy atom. The van der Waals surface area contributed by atoms with Crippen molar-refractivity contribution in [2.45, 2.75) is 45.3 Å². The molecular weight excluding hydrogens is 254 g/mol. The van der Waals surface area contributed by atoms with Crippen molar-refractivity contribution in [1.29, 1.82) is 0 Å². The van der Waals surface area contributed by atoms with E-state index in [1.54, 1.807) is 6.92 Å². The van der Waals surface area contributed by atoms with Crippen molar-refractivity contribution in [2.24, 2.45) is 0 Å². The second-order valence-electron chi connectivity index (χ2n) is 5.25. The topological polar surface area (TPSA) is 62.5 Å². The smallest absolute Gasteiger partial charge is 0.303 e. The number of hydrogen-bond donors (Lipinski definition) is 2. The lowest BCUT2D eigenvalue weighted by molar-refractivity contribution is -0.137. The molecule has 0 spiro atoms. The number of aromatic nitrogens is 1. The average Bonchev–Trinajstić information content (AvgIpc) is 2.75. The van der Waals surface area contributed by atoms with Gasteiger partial charge in [0, 0.05) is 30.1 Å². The number of hydrogen-bond acceptors (Lipinski definition) is 2. The number of para-hydroxylation sites is 1. The molecular formula is C16H21NO3. The van der Waals surface area contributed by atoms with Gasteiger partial charge in [-0.1, -0.05) is 18.2 Å². The Labute approximate surface area is 118 Å². The molecule has 2 N–H and O–H groups in total. The van der Waals surface area contributed by atoms with Crippen molar-refractivity contribution in [3.05, 3.63) is 36.0 Å². The van der Waals surface area contributed by atoms with Gasteiger partial charge in [0.2, 0.25) is 0 Å². The summed E-state index contributed by atoms with van der Waals surface area (Å²) >= 11 is 0. The van der Waals surface area contributed by atoms with Crippen LogP contribution in [-0.2, 0) is 17.8 Å². The van der Waals surface area contributed by atoms with Gasteiger partial charge in [0.05, 0.1) is 6.10 Å². The lowest BCUT2D eigenvalue weighted by Gasteiger charge is -2.06. The van der Waals surface area contributed by atoms with E-state index in [0.29, 0.717) is 12.8 Å². The molecule has 0 radical (unpaired) electrons. The SMILES string of the molecule is CC(O)CCn1cc(CCCC(=O)O)c2ccccc21. The van der Waals surface area contributed by atoms with Crippen LogP contribution >= 0.6 is 0 Å². The van der Waals surface area contributed by atoms with Crippen molar-refractivity contribution in [1.82, 2.24) is 4.57 Å². The summed E-state index contributed by atoms with van der Waals surface area (Å²) in [6.07, 6.45) is 4.12. The van der Waals surface area contributed by atoms with Crippen LogP contribution in [0.5, 0.6) is 0 Å². The summed E-state index contributed by atoms with van der Waals surface area (Å²) in [5.41, 5.74) is 2.34. The van der Waals surface area contributed by atoms with Gasteiger partial charge < -0.3 is 14.8 Å². The molecule has 0 amide bonds. The fourth-order valence-electron chi connectivity index (χ4n) is 2.46. The second kappa shape index (κ2) is 6.57. The maximum Gasteiger partial charge on any atom is 0.303 e. The minimum absolute atomic E-state index is 0.202. The molecule has 2 rings (SSSR count). The number of fused-ring (bicyclic) bond motifs is 1. The van der Waals surface area contributed by atoms with Gasteiger partial charge in [-0.25, -0.2) is 0 Å². The number of aliphatic hydroxyl groups is 1. The normalized spacial score (nSPS) is 12.7. The first-order valence-electron chi connectivity index (χ1n) is 7.04. The number of carboxylic acids is 1. The predicted molar refractivity (Wildman–Crippen MR) is 78.8 cm³/mol. The monoisotopic (exact) mass is 275 g/mol. The Balaban J connectivity index is 2.19. The first kappa shape index (κ1) is 14.6. The lowest BCUT2D eigenvalue weighted by atomic mass is 10.1. The Kier molecular flexibility index (Phi) is 4.79. The van der Waals surface area contributed by atoms with E-state index in [-0.39, 0.29) is 12.5 Å². The average molecular weight is 275 g/mol. The van der Waals surface area contributed by atoms with Gasteiger partial charge in [-0.05, 0) is 37.8 Å². The highest BCUT2D eigenvalue weighted by Crippen LogP contribution is 2.23. The molecule has 0 saturated heterocycles. The van der Waals surface area contributed by atoms with E-state index in [9.17, 15) is 9.90 Å². The zero-order valence-corrected chi connectivity index (χ0v) is 11.7. The molecule has 108 valence electrons. The Bertz CT molecular complexity index is 586. The third-order valence-electron chi connectivity index (χ3n) is 3.50. The van der Waals surface area contributed by atoms with Gasteiger partial charge in [0.25, 0.3) is 0 Å². The number of rotatable bonds is 7. The van der Waals surface area contributed by atoms with Gasteiger partial charge >= 0.3 is 5.97 Å². The lowest BCUT2D eigenvalue weighted by Crippen LogP contribution is -2.05. The first-order valence-corrected chi connectivity index (χ1v) is 7.04. The molecule has 20 heavy (non-hydrogen) atoms. The van der Waals surface area contributed by atoms with Gasteiger partial charge in [-0.15, -0.1) is 0 Å². The number of aryl methyl sites for hydroxylation is 2. The zero-order valence-electron chi connectivity index (χ0n) is 11.7. The van der Waals surface area contributed by atoms with Gasteiger partial charge in [-0.2, -0.15) is 0 Å². The van der Waals surface area contributed by atoms with Crippen LogP contribution in [0.4, 0.5) is 0 Å². The van der Waals surface area contributed by atoms with E-state index < -0.39 is 5.97 Å². The number of benzene rings is 1. The molecule has 0 bridgehead atoms. The summed E-state index contributed by atoms with van der Waals surface area (Å²) in [6.45, 7) is 2.57. The van der Waals surface area contributed by atoms with E-state index in [1.165, 1.54) is 10.9 Å². The number of aliphatic carboxylic acids is 1. The minimum Gasteiger partial charge on any atom is -0.481 e. The van der Waals surface area contributed by atoms with Crippen molar-refractivity contribution in [2.75, 3.05) is 0 Å². The van der Waals surface area contributed by atoms with E-state index in [0.717, 1.165) is 18.5 Å². The molecule has 0 fully saturated rings. The Hall–Kier alpha value is -1.81. The van der Waals surface area contributed by atoms with Crippen LogP contribution in [-0.4, -0.2) is 26.9 Å². The molecule has 1 heterocycles. The molecule has 4 nitrogen and oxygen atoms in total. The minimum atomic E-state index is -0.747. The maximum atomic E-state index is 10.6. The molecule has 0 aliphatic rings. The van der Waals surface area contributed by atoms with Gasteiger partial charge in [0.15, 0.2) is 0 Å². The van der Waals surface area contributed by atoms with Crippen LogP contribution in [0.1, 0.15) is 31.7 Å². The summed E-state index contributed by atoms with van der Waals surface area (Å²) in [5, 5.41) is 19.3. The second-order valence-corrected chi connectivity index (χ2v) is 5.25. The summed E-state index contributed by atoms with van der Waals surface area (Å²) in [7, 11) is 0. The summed E-state index contributed by atoms with van der Waals surface area (Å²) in [6, 6.07) is 8.15. The van der Waals surface area contributed by atoms with Crippen LogP contribution in [0, 0.1) is 0 Å². The predicted octanol–water partition coefficient (Wildman–Crippen LogP) is 2.82. The number of carboxylic acid groups (broad SMARTS) is 1. The summed E-state index contributed by atoms with van der Waals surface area (Å²) in [4.78, 5) is 10.6. The number of nitrogens with zero attached hydrogens (tertiary/aromatic N) is 1. The molecule has 1 aromatic heterocycles. The largest absolute Gasteiger partial charge is 0.481 e. The fraction of sp³-hybridized carbons (Fsp3) is 0.438. The van der Waals surface area contributed by atoms with Crippen LogP contribution in [0.2, 0.25) is 0 Å². The van der Waals surface area contributed by atoms with Crippen LogP contribution < -0.4 is 0 Å². The van der Waals surface area contributed by atoms with Crippen molar-refractivity contribution in [3.63, 3.8) is 0 Å². The third-order valence-corrected chi connectivity index (χ3v) is 3.50. The fourth-order valence-corrected chi connectivity index (χ4v) is 2.46. The molecule has 0 aliphatic heterocycles. The molecule has 0 aliphatic carbocycles. The highest BCUT2D eigenvalue weighted by Gasteiger charge is 2.09. The zero-order chi connectivity index (χ0) is 14.5. The Morgan fingerprint density at radius 1 is 1.35 bits per heavy atom. The maximum absolute atomic E-state index is 10.6. The van der Waals surface area contributed by atoms with Gasteiger partial charge in [-0.3, -0.25) is 4.79 Å². The van der Waals surface area contributed by atoms with Crippen LogP contribution in [0.25, 0.3) is 10.9 Å². The quantitative estimate of drug-likeness (QED) is 0.816. The van der Waals surface area contributed by atoms with Crippen molar-refractivity contribution < 1.29 is 15.0 Å².